The van der Waals surface area contributed by atoms with E-state index in [1.165, 1.54) is 14.2 Å². The first-order valence-electron chi connectivity index (χ1n) is 7.88. The molecular weight excluding hydrogens is 342 g/mol. The van der Waals surface area contributed by atoms with E-state index in [0.29, 0.717) is 29.4 Å². The van der Waals surface area contributed by atoms with Gasteiger partial charge in [-0.15, -0.1) is 0 Å². The standard InChI is InChI=1S/C18H23NO5S/c1-4-24-18-16(22-2)10-15(11-17(18)23-3)12-19-25(20,21)13-14-8-6-5-7-9-14/h5-11,19H,4,12-13H2,1-3H3. The van der Waals surface area contributed by atoms with Crippen LogP contribution in [0.2, 0.25) is 0 Å². The van der Waals surface area contributed by atoms with Crippen LogP contribution in [0.4, 0.5) is 0 Å². The third kappa shape index (κ3) is 5.37. The Labute approximate surface area is 148 Å². The van der Waals surface area contributed by atoms with Crippen molar-refractivity contribution in [3.05, 3.63) is 53.6 Å². The van der Waals surface area contributed by atoms with Gasteiger partial charge in [0.2, 0.25) is 15.8 Å². The number of benzene rings is 2. The molecule has 25 heavy (non-hydrogen) atoms. The first kappa shape index (κ1) is 19.1. The molecule has 0 atom stereocenters. The second-order valence-corrected chi connectivity index (χ2v) is 7.14. The van der Waals surface area contributed by atoms with Crippen molar-refractivity contribution in [2.24, 2.45) is 0 Å². The Morgan fingerprint density at radius 1 is 0.960 bits per heavy atom. The van der Waals surface area contributed by atoms with Crippen LogP contribution in [0.1, 0.15) is 18.1 Å². The monoisotopic (exact) mass is 365 g/mol. The van der Waals surface area contributed by atoms with Crippen LogP contribution in [0.5, 0.6) is 17.2 Å². The van der Waals surface area contributed by atoms with Gasteiger partial charge in [0.1, 0.15) is 0 Å². The van der Waals surface area contributed by atoms with E-state index < -0.39 is 10.0 Å². The van der Waals surface area contributed by atoms with Crippen molar-refractivity contribution < 1.29 is 22.6 Å². The molecule has 2 aromatic rings. The minimum Gasteiger partial charge on any atom is -0.493 e. The van der Waals surface area contributed by atoms with Gasteiger partial charge in [0.15, 0.2) is 11.5 Å². The lowest BCUT2D eigenvalue weighted by Crippen LogP contribution is -2.24. The molecule has 0 spiro atoms. The Morgan fingerprint density at radius 3 is 2.08 bits per heavy atom. The summed E-state index contributed by atoms with van der Waals surface area (Å²) in [5.41, 5.74) is 1.45. The van der Waals surface area contributed by atoms with Gasteiger partial charge in [-0.25, -0.2) is 13.1 Å². The van der Waals surface area contributed by atoms with E-state index >= 15 is 0 Å². The third-order valence-corrected chi connectivity index (χ3v) is 4.80. The number of ether oxygens (including phenoxy) is 3. The lowest BCUT2D eigenvalue weighted by Gasteiger charge is -2.15. The number of nitrogens with one attached hydrogen (secondary N) is 1. The lowest BCUT2D eigenvalue weighted by molar-refractivity contribution is 0.288. The zero-order chi connectivity index (χ0) is 18.3. The van der Waals surface area contributed by atoms with Crippen LogP contribution in [0, 0.1) is 0 Å². The average Bonchev–Trinajstić information content (AvgIpc) is 2.61. The summed E-state index contributed by atoms with van der Waals surface area (Å²) in [6, 6.07) is 12.5. The summed E-state index contributed by atoms with van der Waals surface area (Å²) in [5, 5.41) is 0. The second kappa shape index (κ2) is 8.73. The van der Waals surface area contributed by atoms with Crippen LogP contribution in [0.15, 0.2) is 42.5 Å². The van der Waals surface area contributed by atoms with Gasteiger partial charge in [0, 0.05) is 6.54 Å². The fourth-order valence-corrected chi connectivity index (χ4v) is 3.48. The molecule has 0 amide bonds. The second-order valence-electron chi connectivity index (χ2n) is 5.33. The summed E-state index contributed by atoms with van der Waals surface area (Å²) in [6.07, 6.45) is 0. The highest BCUT2D eigenvalue weighted by Crippen LogP contribution is 2.38. The molecule has 2 rings (SSSR count). The third-order valence-electron chi connectivity index (χ3n) is 3.50. The van der Waals surface area contributed by atoms with Crippen molar-refractivity contribution in [1.82, 2.24) is 4.72 Å². The Bertz CT molecular complexity index is 765. The number of methoxy groups -OCH3 is 2. The fraction of sp³-hybridized carbons (Fsp3) is 0.333. The average molecular weight is 365 g/mol. The van der Waals surface area contributed by atoms with Gasteiger partial charge >= 0.3 is 0 Å². The summed E-state index contributed by atoms with van der Waals surface area (Å²) in [6.45, 7) is 2.47. The zero-order valence-electron chi connectivity index (χ0n) is 14.6. The first-order chi connectivity index (χ1) is 12.0. The van der Waals surface area contributed by atoms with E-state index in [-0.39, 0.29) is 12.3 Å². The maximum absolute atomic E-state index is 12.3. The first-order valence-corrected chi connectivity index (χ1v) is 9.53. The minimum absolute atomic E-state index is 0.0703. The molecule has 0 saturated carbocycles. The summed E-state index contributed by atoms with van der Waals surface area (Å²) in [5.74, 6) is 1.43. The van der Waals surface area contributed by atoms with Crippen LogP contribution in [-0.4, -0.2) is 29.2 Å². The molecular formula is C18H23NO5S. The van der Waals surface area contributed by atoms with E-state index in [9.17, 15) is 8.42 Å². The van der Waals surface area contributed by atoms with Crippen molar-refractivity contribution in [3.8, 4) is 17.2 Å². The normalized spacial score (nSPS) is 11.2. The van der Waals surface area contributed by atoms with Gasteiger partial charge in [-0.05, 0) is 30.2 Å². The molecule has 1 N–H and O–H groups in total. The van der Waals surface area contributed by atoms with Crippen LogP contribution >= 0.6 is 0 Å². The van der Waals surface area contributed by atoms with Crippen molar-refractivity contribution in [2.75, 3.05) is 20.8 Å². The molecule has 0 aliphatic carbocycles. The smallest absolute Gasteiger partial charge is 0.216 e. The quantitative estimate of drug-likeness (QED) is 0.740. The molecule has 0 bridgehead atoms. The van der Waals surface area contributed by atoms with Crippen LogP contribution in [-0.2, 0) is 22.3 Å². The Morgan fingerprint density at radius 2 is 1.56 bits per heavy atom. The van der Waals surface area contributed by atoms with Crippen molar-refractivity contribution in [1.29, 1.82) is 0 Å². The minimum atomic E-state index is -3.46. The predicted molar refractivity (Wildman–Crippen MR) is 96.6 cm³/mol. The largest absolute Gasteiger partial charge is 0.493 e. The van der Waals surface area contributed by atoms with Crippen LogP contribution in [0.3, 0.4) is 0 Å². The molecule has 0 aliphatic rings. The Kier molecular flexibility index (Phi) is 6.66. The van der Waals surface area contributed by atoms with E-state index in [2.05, 4.69) is 4.72 Å². The van der Waals surface area contributed by atoms with Crippen molar-refractivity contribution in [3.63, 3.8) is 0 Å². The molecule has 0 fully saturated rings. The van der Waals surface area contributed by atoms with E-state index in [1.54, 1.807) is 24.3 Å². The van der Waals surface area contributed by atoms with Gasteiger partial charge in [0.05, 0.1) is 26.6 Å². The number of sulfonamides is 1. The fourth-order valence-electron chi connectivity index (χ4n) is 2.36. The molecule has 136 valence electrons. The zero-order valence-corrected chi connectivity index (χ0v) is 15.4. The van der Waals surface area contributed by atoms with Crippen molar-refractivity contribution in [2.45, 2.75) is 19.2 Å². The topological polar surface area (TPSA) is 73.9 Å². The van der Waals surface area contributed by atoms with E-state index in [0.717, 1.165) is 5.56 Å². The summed E-state index contributed by atoms with van der Waals surface area (Å²) in [7, 11) is -0.398. The van der Waals surface area contributed by atoms with E-state index in [1.807, 2.05) is 25.1 Å². The molecule has 0 radical (unpaired) electrons. The molecule has 0 saturated heterocycles. The molecule has 2 aromatic carbocycles. The van der Waals surface area contributed by atoms with Gasteiger partial charge in [-0.2, -0.15) is 0 Å². The van der Waals surface area contributed by atoms with Crippen LogP contribution < -0.4 is 18.9 Å². The van der Waals surface area contributed by atoms with Gasteiger partial charge < -0.3 is 14.2 Å². The van der Waals surface area contributed by atoms with Crippen LogP contribution in [0.25, 0.3) is 0 Å². The molecule has 0 unspecified atom stereocenters. The summed E-state index contributed by atoms with van der Waals surface area (Å²) < 4.78 is 43.3. The Balaban J connectivity index is 2.14. The van der Waals surface area contributed by atoms with Gasteiger partial charge in [0.25, 0.3) is 0 Å². The van der Waals surface area contributed by atoms with Crippen molar-refractivity contribution >= 4 is 10.0 Å². The highest BCUT2D eigenvalue weighted by Gasteiger charge is 2.16. The molecule has 0 heterocycles. The number of rotatable bonds is 9. The molecule has 7 heteroatoms. The molecule has 6 nitrogen and oxygen atoms in total. The van der Waals surface area contributed by atoms with Gasteiger partial charge in [-0.3, -0.25) is 0 Å². The highest BCUT2D eigenvalue weighted by molar-refractivity contribution is 7.88. The van der Waals surface area contributed by atoms with Gasteiger partial charge in [-0.1, -0.05) is 30.3 Å². The van der Waals surface area contributed by atoms with E-state index in [4.69, 9.17) is 14.2 Å². The number of hydrogen-bond acceptors (Lipinski definition) is 5. The number of hydrogen-bond donors (Lipinski definition) is 1. The maximum Gasteiger partial charge on any atom is 0.216 e. The molecule has 0 aromatic heterocycles. The molecule has 0 aliphatic heterocycles. The SMILES string of the molecule is CCOc1c(OC)cc(CNS(=O)(=O)Cc2ccccc2)cc1OC. The predicted octanol–water partition coefficient (Wildman–Crippen LogP) is 2.72. The maximum atomic E-state index is 12.3. The highest BCUT2D eigenvalue weighted by atomic mass is 32.2. The Hall–Kier alpha value is -2.25. The lowest BCUT2D eigenvalue weighted by atomic mass is 10.2. The summed E-state index contributed by atoms with van der Waals surface area (Å²) in [4.78, 5) is 0. The summed E-state index contributed by atoms with van der Waals surface area (Å²) >= 11 is 0.